The fourth-order valence-corrected chi connectivity index (χ4v) is 3.64. The number of hydrogen-bond donors (Lipinski definition) is 1. The first-order valence-electron chi connectivity index (χ1n) is 8.47. The maximum atomic E-state index is 12.6. The van der Waals surface area contributed by atoms with Gasteiger partial charge in [-0.05, 0) is 58.8 Å². The summed E-state index contributed by atoms with van der Waals surface area (Å²) < 4.78 is 16.0. The summed E-state index contributed by atoms with van der Waals surface area (Å²) in [5.41, 5.74) is 0.684. The van der Waals surface area contributed by atoms with Crippen LogP contribution in [0.3, 0.4) is 0 Å². The number of methoxy groups -OCH3 is 1. The summed E-state index contributed by atoms with van der Waals surface area (Å²) in [5.74, 6) is -0.431. The first kappa shape index (κ1) is 20.9. The van der Waals surface area contributed by atoms with E-state index in [1.54, 1.807) is 12.1 Å². The van der Waals surface area contributed by atoms with Gasteiger partial charge in [0.15, 0.2) is 5.75 Å². The van der Waals surface area contributed by atoms with Gasteiger partial charge in [0.2, 0.25) is 5.76 Å². The van der Waals surface area contributed by atoms with Crippen LogP contribution in [0.4, 0.5) is 4.79 Å². The predicted octanol–water partition coefficient (Wildman–Crippen LogP) is 3.97. The molecule has 3 amide bonds. The number of carbonyl (C=O) groups is 3. The summed E-state index contributed by atoms with van der Waals surface area (Å²) in [7, 11) is 1.23. The zero-order valence-electron chi connectivity index (χ0n) is 15.5. The van der Waals surface area contributed by atoms with Gasteiger partial charge in [-0.3, -0.25) is 9.69 Å². The smallest absolute Gasteiger partial charge is 0.373 e. The van der Waals surface area contributed by atoms with Gasteiger partial charge in [-0.25, -0.2) is 9.59 Å². The molecule has 0 saturated carbocycles. The summed E-state index contributed by atoms with van der Waals surface area (Å²) in [4.78, 5) is 37.3. The number of urea groups is 1. The average molecular weight is 484 g/mol. The minimum atomic E-state index is -0.646. The van der Waals surface area contributed by atoms with Crippen LogP contribution in [0.25, 0.3) is 6.08 Å². The summed E-state index contributed by atoms with van der Waals surface area (Å²) >= 11 is 9.60. The molecule has 0 bridgehead atoms. The maximum Gasteiger partial charge on any atom is 0.373 e. The fraction of sp³-hybridized carbons (Fsp3) is 0.211. The molecule has 0 aliphatic carbocycles. The minimum Gasteiger partial charge on any atom is -0.491 e. The Morgan fingerprint density at radius 2 is 2.10 bits per heavy atom. The Labute approximate surface area is 179 Å². The molecule has 3 rings (SSSR count). The molecular weight excluding hydrogens is 468 g/mol. The van der Waals surface area contributed by atoms with Crippen molar-refractivity contribution < 1.29 is 28.3 Å². The normalized spacial score (nSPS) is 15.0. The standard InChI is InChI=1S/C19H16BrClN2O6/c1-3-28-16-12(20)6-10(7-13(16)21)8-14-17(24)23(19(26)22-14)9-11-4-5-15(29-11)18(25)27-2/h4-8H,3,9H2,1-2H3,(H,22,26)/b14-8-. The molecule has 2 aromatic rings. The number of amides is 3. The first-order valence-corrected chi connectivity index (χ1v) is 9.64. The Kier molecular flexibility index (Phi) is 6.29. The largest absolute Gasteiger partial charge is 0.491 e. The SMILES string of the molecule is CCOc1c(Cl)cc(/C=C2\NC(=O)N(Cc3ccc(C(=O)OC)o3)C2=O)cc1Br. The number of carbonyl (C=O) groups excluding carboxylic acids is 3. The second-order valence-electron chi connectivity index (χ2n) is 5.88. The first-order chi connectivity index (χ1) is 13.8. The van der Waals surface area contributed by atoms with Gasteiger partial charge in [-0.15, -0.1) is 0 Å². The van der Waals surface area contributed by atoms with Crippen molar-refractivity contribution in [2.75, 3.05) is 13.7 Å². The molecule has 0 radical (unpaired) electrons. The number of nitrogens with zero attached hydrogens (tertiary/aromatic N) is 1. The topological polar surface area (TPSA) is 98.1 Å². The van der Waals surface area contributed by atoms with E-state index in [0.29, 0.717) is 27.4 Å². The molecule has 152 valence electrons. The highest BCUT2D eigenvalue weighted by Crippen LogP contribution is 2.35. The van der Waals surface area contributed by atoms with Crippen molar-refractivity contribution >= 4 is 51.5 Å². The Morgan fingerprint density at radius 3 is 2.76 bits per heavy atom. The molecule has 1 aromatic carbocycles. The number of halogens is 2. The van der Waals surface area contributed by atoms with Gasteiger partial charge in [0.1, 0.15) is 11.5 Å². The Balaban J connectivity index is 1.80. The van der Waals surface area contributed by atoms with Crippen LogP contribution in [-0.4, -0.2) is 36.5 Å². The number of furan rings is 1. The third kappa shape index (κ3) is 4.46. The molecule has 10 heteroatoms. The molecule has 8 nitrogen and oxygen atoms in total. The molecule has 1 fully saturated rings. The van der Waals surface area contributed by atoms with Crippen LogP contribution in [0, 0.1) is 0 Å². The van der Waals surface area contributed by atoms with Crippen molar-refractivity contribution in [1.29, 1.82) is 0 Å². The third-order valence-electron chi connectivity index (χ3n) is 3.94. The number of hydrogen-bond acceptors (Lipinski definition) is 6. The highest BCUT2D eigenvalue weighted by molar-refractivity contribution is 9.10. The molecule has 0 spiro atoms. The molecule has 1 saturated heterocycles. The molecule has 0 atom stereocenters. The highest BCUT2D eigenvalue weighted by Gasteiger charge is 2.34. The average Bonchev–Trinajstić information content (AvgIpc) is 3.25. The van der Waals surface area contributed by atoms with Crippen molar-refractivity contribution in [3.05, 3.63) is 56.5 Å². The molecule has 1 aliphatic heterocycles. The van der Waals surface area contributed by atoms with Crippen LogP contribution < -0.4 is 10.1 Å². The van der Waals surface area contributed by atoms with Crippen molar-refractivity contribution in [3.8, 4) is 5.75 Å². The number of esters is 1. The predicted molar refractivity (Wildman–Crippen MR) is 107 cm³/mol. The van der Waals surface area contributed by atoms with Crippen LogP contribution >= 0.6 is 27.5 Å². The van der Waals surface area contributed by atoms with E-state index in [1.807, 2.05) is 6.92 Å². The second kappa shape index (κ2) is 8.71. The minimum absolute atomic E-state index is 0.0146. The molecule has 2 heterocycles. The fourth-order valence-electron chi connectivity index (χ4n) is 2.66. The van der Waals surface area contributed by atoms with Gasteiger partial charge in [0.25, 0.3) is 5.91 Å². The lowest BCUT2D eigenvalue weighted by Crippen LogP contribution is -2.30. The number of benzene rings is 1. The third-order valence-corrected chi connectivity index (χ3v) is 4.81. The van der Waals surface area contributed by atoms with Crippen LogP contribution in [0.5, 0.6) is 5.75 Å². The van der Waals surface area contributed by atoms with Crippen LogP contribution in [0.1, 0.15) is 28.8 Å². The van der Waals surface area contributed by atoms with E-state index >= 15 is 0 Å². The van der Waals surface area contributed by atoms with Crippen molar-refractivity contribution in [3.63, 3.8) is 0 Å². The molecular formula is C19H16BrClN2O6. The summed E-state index contributed by atoms with van der Waals surface area (Å²) in [6, 6.07) is 5.66. The van der Waals surface area contributed by atoms with Crippen molar-refractivity contribution in [1.82, 2.24) is 10.2 Å². The lowest BCUT2D eigenvalue weighted by molar-refractivity contribution is -0.123. The zero-order valence-corrected chi connectivity index (χ0v) is 17.8. The molecule has 1 aromatic heterocycles. The molecule has 1 aliphatic rings. The van der Waals surface area contributed by atoms with Gasteiger partial charge < -0.3 is 19.2 Å². The second-order valence-corrected chi connectivity index (χ2v) is 7.15. The van der Waals surface area contributed by atoms with Crippen LogP contribution in [0.15, 0.2) is 38.9 Å². The number of nitrogens with one attached hydrogen (secondary N) is 1. The number of ether oxygens (including phenoxy) is 2. The van der Waals surface area contributed by atoms with E-state index in [9.17, 15) is 14.4 Å². The van der Waals surface area contributed by atoms with Gasteiger partial charge in [0, 0.05) is 0 Å². The van der Waals surface area contributed by atoms with E-state index < -0.39 is 17.9 Å². The van der Waals surface area contributed by atoms with E-state index in [-0.39, 0.29) is 23.8 Å². The number of imide groups is 1. The highest BCUT2D eigenvalue weighted by atomic mass is 79.9. The Hall–Kier alpha value is -2.78. The summed E-state index contributed by atoms with van der Waals surface area (Å²) in [5, 5.41) is 2.89. The maximum absolute atomic E-state index is 12.6. The molecule has 0 unspecified atom stereocenters. The molecule has 29 heavy (non-hydrogen) atoms. The van der Waals surface area contributed by atoms with Crippen LogP contribution in [-0.2, 0) is 16.1 Å². The summed E-state index contributed by atoms with van der Waals surface area (Å²) in [6.07, 6.45) is 1.51. The van der Waals surface area contributed by atoms with Crippen molar-refractivity contribution in [2.45, 2.75) is 13.5 Å². The van der Waals surface area contributed by atoms with Crippen molar-refractivity contribution in [2.24, 2.45) is 0 Å². The van der Waals surface area contributed by atoms with Gasteiger partial charge >= 0.3 is 12.0 Å². The number of rotatable bonds is 6. The quantitative estimate of drug-likeness (QED) is 0.379. The van der Waals surface area contributed by atoms with E-state index in [0.717, 1.165) is 4.90 Å². The van der Waals surface area contributed by atoms with E-state index in [2.05, 4.69) is 26.0 Å². The van der Waals surface area contributed by atoms with E-state index in [1.165, 1.54) is 25.3 Å². The van der Waals surface area contributed by atoms with Gasteiger partial charge in [-0.1, -0.05) is 11.6 Å². The van der Waals surface area contributed by atoms with Crippen LogP contribution in [0.2, 0.25) is 5.02 Å². The Bertz CT molecular complexity index is 993. The summed E-state index contributed by atoms with van der Waals surface area (Å²) in [6.45, 7) is 2.16. The lowest BCUT2D eigenvalue weighted by atomic mass is 10.2. The molecule has 1 N–H and O–H groups in total. The lowest BCUT2D eigenvalue weighted by Gasteiger charge is -2.10. The monoisotopic (exact) mass is 482 g/mol. The Morgan fingerprint density at radius 1 is 1.34 bits per heavy atom. The zero-order chi connectivity index (χ0) is 21.1. The van der Waals surface area contributed by atoms with Gasteiger partial charge in [0.05, 0.1) is 29.8 Å². The van der Waals surface area contributed by atoms with Gasteiger partial charge in [-0.2, -0.15) is 0 Å². The van der Waals surface area contributed by atoms with E-state index in [4.69, 9.17) is 20.8 Å².